The van der Waals surface area contributed by atoms with Crippen LogP contribution >= 0.6 is 0 Å². The van der Waals surface area contributed by atoms with Gasteiger partial charge in [-0.15, -0.1) is 0 Å². The largest absolute Gasteiger partial charge is 0.478 e. The lowest BCUT2D eigenvalue weighted by molar-refractivity contribution is -0.896. The topological polar surface area (TPSA) is 68.0 Å². The number of nitrogens with one attached hydrogen (secondary N) is 1. The number of quaternary nitrogens is 1. The minimum Gasteiger partial charge on any atom is -0.478 e. The predicted octanol–water partition coefficient (Wildman–Crippen LogP) is -0.905. The molecule has 0 saturated heterocycles. The molecule has 0 saturated carbocycles. The van der Waals surface area contributed by atoms with Crippen molar-refractivity contribution in [3.05, 3.63) is 12.2 Å². The van der Waals surface area contributed by atoms with E-state index in [0.717, 1.165) is 31.8 Å². The maximum Gasteiger partial charge on any atom is 0.331 e. The van der Waals surface area contributed by atoms with E-state index in [0.29, 0.717) is 6.61 Å². The van der Waals surface area contributed by atoms with E-state index in [1.165, 1.54) is 4.90 Å². The average molecular weight is 216 g/mol. The molecule has 0 radical (unpaired) electrons. The maximum absolute atomic E-state index is 10.9. The number of esters is 1. The summed E-state index contributed by atoms with van der Waals surface area (Å²) in [6.07, 6.45) is 1.69. The summed E-state index contributed by atoms with van der Waals surface area (Å²) in [6, 6.07) is 0. The second-order valence-electron chi connectivity index (χ2n) is 3.05. The van der Waals surface area contributed by atoms with Gasteiger partial charge in [0, 0.05) is 12.2 Å². The van der Waals surface area contributed by atoms with Crippen molar-refractivity contribution in [1.29, 1.82) is 0 Å². The summed E-state index contributed by atoms with van der Waals surface area (Å²) in [5, 5.41) is 8.25. The van der Waals surface area contributed by atoms with Crippen LogP contribution in [0.5, 0.6) is 0 Å². The predicted molar refractivity (Wildman–Crippen MR) is 54.6 cm³/mol. The number of rotatable bonds is 7. The summed E-state index contributed by atoms with van der Waals surface area (Å²) in [6.45, 7) is 7.16. The van der Waals surface area contributed by atoms with E-state index in [2.05, 4.69) is 13.8 Å². The molecule has 0 fully saturated rings. The monoisotopic (exact) mass is 216 g/mol. The Morgan fingerprint density at radius 1 is 1.27 bits per heavy atom. The van der Waals surface area contributed by atoms with Crippen LogP contribution in [0, 0.1) is 0 Å². The number of carbonyl (C=O) groups excluding carboxylic acids is 1. The molecule has 0 rings (SSSR count). The highest BCUT2D eigenvalue weighted by Gasteiger charge is 2.04. The summed E-state index contributed by atoms with van der Waals surface area (Å²) < 4.78 is 4.82. The van der Waals surface area contributed by atoms with Gasteiger partial charge in [0.1, 0.15) is 13.2 Å². The molecule has 0 amide bonds. The summed E-state index contributed by atoms with van der Waals surface area (Å²) in [7, 11) is 0. The van der Waals surface area contributed by atoms with Crippen molar-refractivity contribution in [2.45, 2.75) is 13.8 Å². The molecule has 15 heavy (non-hydrogen) atoms. The Morgan fingerprint density at radius 3 is 2.33 bits per heavy atom. The van der Waals surface area contributed by atoms with Crippen molar-refractivity contribution >= 4 is 11.9 Å². The molecule has 0 aromatic rings. The van der Waals surface area contributed by atoms with Gasteiger partial charge in [-0.05, 0) is 13.8 Å². The number of aliphatic carboxylic acids is 1. The Bertz CT molecular complexity index is 234. The van der Waals surface area contributed by atoms with E-state index in [1.807, 2.05) is 0 Å². The summed E-state index contributed by atoms with van der Waals surface area (Å²) in [5.74, 6) is -1.76. The van der Waals surface area contributed by atoms with Crippen LogP contribution in [-0.4, -0.2) is 43.3 Å². The normalized spacial score (nSPS) is 10.9. The number of carboxylic acid groups (broad SMARTS) is 1. The molecule has 2 N–H and O–H groups in total. The van der Waals surface area contributed by atoms with Gasteiger partial charge in [-0.25, -0.2) is 9.59 Å². The molecule has 0 spiro atoms. The van der Waals surface area contributed by atoms with Gasteiger partial charge >= 0.3 is 11.9 Å². The lowest BCUT2D eigenvalue weighted by Crippen LogP contribution is -3.11. The lowest BCUT2D eigenvalue weighted by Gasteiger charge is -2.14. The highest BCUT2D eigenvalue weighted by molar-refractivity contribution is 5.90. The van der Waals surface area contributed by atoms with Crippen molar-refractivity contribution in [3.63, 3.8) is 0 Å². The van der Waals surface area contributed by atoms with Crippen LogP contribution in [0.4, 0.5) is 0 Å². The first kappa shape index (κ1) is 13.6. The Balaban J connectivity index is 3.67. The molecule has 0 unspecified atom stereocenters. The number of ether oxygens (including phenoxy) is 1. The zero-order valence-corrected chi connectivity index (χ0v) is 9.16. The van der Waals surface area contributed by atoms with Crippen molar-refractivity contribution in [1.82, 2.24) is 0 Å². The van der Waals surface area contributed by atoms with E-state index >= 15 is 0 Å². The van der Waals surface area contributed by atoms with E-state index in [4.69, 9.17) is 9.84 Å². The Kier molecular flexibility index (Phi) is 7.27. The first-order valence-corrected chi connectivity index (χ1v) is 5.01. The quantitative estimate of drug-likeness (QED) is 0.427. The van der Waals surface area contributed by atoms with Crippen LogP contribution in [-0.2, 0) is 14.3 Å². The van der Waals surface area contributed by atoms with Gasteiger partial charge in [0.25, 0.3) is 0 Å². The van der Waals surface area contributed by atoms with Crippen LogP contribution in [0.2, 0.25) is 0 Å². The van der Waals surface area contributed by atoms with Crippen LogP contribution in [0.25, 0.3) is 0 Å². The first-order valence-electron chi connectivity index (χ1n) is 5.01. The molecular formula is C10H18NO4+. The van der Waals surface area contributed by atoms with Crippen molar-refractivity contribution in [2.24, 2.45) is 0 Å². The fraction of sp³-hybridized carbons (Fsp3) is 0.600. The maximum atomic E-state index is 10.9. The third kappa shape index (κ3) is 7.69. The zero-order chi connectivity index (χ0) is 11.7. The smallest absolute Gasteiger partial charge is 0.331 e. The van der Waals surface area contributed by atoms with E-state index in [1.54, 1.807) is 0 Å². The van der Waals surface area contributed by atoms with E-state index < -0.39 is 11.9 Å². The van der Waals surface area contributed by atoms with Crippen molar-refractivity contribution < 1.29 is 24.3 Å². The van der Waals surface area contributed by atoms with Gasteiger partial charge in [-0.3, -0.25) is 0 Å². The molecule has 0 aliphatic carbocycles. The minimum absolute atomic E-state index is 0.319. The number of likely N-dealkylation sites (N-methyl/N-ethyl adjacent to an activating group) is 1. The standard InChI is InChI=1S/C10H17NO4/c1-3-11(4-2)7-8-15-10(14)6-5-9(12)13/h5-6H,3-4,7-8H2,1-2H3,(H,12,13)/p+1. The molecule has 0 aliphatic rings. The van der Waals surface area contributed by atoms with Crippen molar-refractivity contribution in [2.75, 3.05) is 26.2 Å². The van der Waals surface area contributed by atoms with Gasteiger partial charge < -0.3 is 14.7 Å². The summed E-state index contributed by atoms with van der Waals surface area (Å²) in [4.78, 5) is 22.3. The molecule has 5 nitrogen and oxygen atoms in total. The minimum atomic E-state index is -1.15. The van der Waals surface area contributed by atoms with Crippen LogP contribution < -0.4 is 4.90 Å². The van der Waals surface area contributed by atoms with Gasteiger partial charge in [0.15, 0.2) is 0 Å². The number of hydrogen-bond donors (Lipinski definition) is 2. The van der Waals surface area contributed by atoms with Gasteiger partial charge in [-0.2, -0.15) is 0 Å². The van der Waals surface area contributed by atoms with Gasteiger partial charge in [0.05, 0.1) is 13.1 Å². The van der Waals surface area contributed by atoms with Crippen LogP contribution in [0.3, 0.4) is 0 Å². The Hall–Kier alpha value is -1.36. The molecule has 0 atom stereocenters. The highest BCUT2D eigenvalue weighted by atomic mass is 16.5. The molecule has 86 valence electrons. The fourth-order valence-corrected chi connectivity index (χ4v) is 1.09. The number of carbonyl (C=O) groups is 2. The summed E-state index contributed by atoms with van der Waals surface area (Å²) in [5.41, 5.74) is 0. The molecule has 5 heteroatoms. The average Bonchev–Trinajstić information content (AvgIpc) is 2.21. The highest BCUT2D eigenvalue weighted by Crippen LogP contribution is 1.80. The van der Waals surface area contributed by atoms with Crippen LogP contribution in [0.1, 0.15) is 13.8 Å². The molecule has 0 heterocycles. The first-order chi connectivity index (χ1) is 7.10. The third-order valence-corrected chi connectivity index (χ3v) is 2.06. The SMILES string of the molecule is CC[NH+](CC)CCOC(=O)C=CC(=O)O. The second-order valence-corrected chi connectivity index (χ2v) is 3.05. The van der Waals surface area contributed by atoms with E-state index in [-0.39, 0.29) is 0 Å². The molecule has 0 aromatic carbocycles. The number of carboxylic acids is 1. The van der Waals surface area contributed by atoms with Crippen LogP contribution in [0.15, 0.2) is 12.2 Å². The summed E-state index contributed by atoms with van der Waals surface area (Å²) >= 11 is 0. The van der Waals surface area contributed by atoms with Gasteiger partial charge in [0.2, 0.25) is 0 Å². The zero-order valence-electron chi connectivity index (χ0n) is 9.16. The van der Waals surface area contributed by atoms with Gasteiger partial charge in [-0.1, -0.05) is 0 Å². The fourth-order valence-electron chi connectivity index (χ4n) is 1.09. The van der Waals surface area contributed by atoms with E-state index in [9.17, 15) is 9.59 Å². The molecule has 0 bridgehead atoms. The third-order valence-electron chi connectivity index (χ3n) is 2.06. The lowest BCUT2D eigenvalue weighted by atomic mass is 10.5. The van der Waals surface area contributed by atoms with Crippen molar-refractivity contribution in [3.8, 4) is 0 Å². The number of hydrogen-bond acceptors (Lipinski definition) is 3. The molecular weight excluding hydrogens is 198 g/mol. The Labute approximate surface area is 89.3 Å². The molecule has 0 aliphatic heterocycles. The second kappa shape index (κ2) is 7.99. The molecule has 0 aromatic heterocycles. The Morgan fingerprint density at radius 2 is 1.87 bits per heavy atom.